The van der Waals surface area contributed by atoms with Gasteiger partial charge in [-0.25, -0.2) is 15.8 Å². The topological polar surface area (TPSA) is 138 Å². The first kappa shape index (κ1) is 12.2. The van der Waals surface area contributed by atoms with Crippen LogP contribution >= 0.6 is 0 Å². The Kier molecular flexibility index (Phi) is 5.41. The number of carboxylic acids is 1. The predicted octanol–water partition coefficient (Wildman–Crippen LogP) is -1.22. The number of carbonyl (C=O) groups is 1. The molecule has 0 aromatic rings. The SMILES string of the molecule is O=C(O)CNCC(OO)(OO)OO. The van der Waals surface area contributed by atoms with Crippen molar-refractivity contribution < 1.29 is 40.3 Å². The quantitative estimate of drug-likeness (QED) is 0.194. The Morgan fingerprint density at radius 1 is 1.23 bits per heavy atom. The average molecular weight is 199 g/mol. The minimum absolute atomic E-state index is 0.502. The lowest BCUT2D eigenvalue weighted by atomic mass is 10.5. The van der Waals surface area contributed by atoms with Crippen LogP contribution in [-0.2, 0) is 19.5 Å². The summed E-state index contributed by atoms with van der Waals surface area (Å²) in [7, 11) is 0. The summed E-state index contributed by atoms with van der Waals surface area (Å²) in [5, 5.41) is 34.5. The molecule has 9 heteroatoms. The lowest BCUT2D eigenvalue weighted by Gasteiger charge is -2.21. The molecule has 0 aromatic carbocycles. The van der Waals surface area contributed by atoms with Crippen molar-refractivity contribution in [1.82, 2.24) is 5.32 Å². The lowest BCUT2D eigenvalue weighted by Crippen LogP contribution is -2.47. The normalized spacial score (nSPS) is 11.6. The maximum atomic E-state index is 9.98. The number of hydrogen-bond acceptors (Lipinski definition) is 8. The smallest absolute Gasteiger partial charge is 0.376 e. The molecular formula is C4H9NO8. The van der Waals surface area contributed by atoms with E-state index in [1.165, 1.54) is 0 Å². The van der Waals surface area contributed by atoms with Crippen LogP contribution in [0.2, 0.25) is 0 Å². The monoisotopic (exact) mass is 199 g/mol. The van der Waals surface area contributed by atoms with Crippen molar-refractivity contribution in [2.75, 3.05) is 13.1 Å². The fraction of sp³-hybridized carbons (Fsp3) is 0.750. The molecular weight excluding hydrogens is 190 g/mol. The van der Waals surface area contributed by atoms with Crippen LogP contribution in [0, 0.1) is 0 Å². The van der Waals surface area contributed by atoms with E-state index in [0.29, 0.717) is 0 Å². The van der Waals surface area contributed by atoms with Gasteiger partial charge in [-0.2, -0.15) is 14.7 Å². The van der Waals surface area contributed by atoms with Gasteiger partial charge in [0.05, 0.1) is 13.1 Å². The van der Waals surface area contributed by atoms with Crippen molar-refractivity contribution in [2.45, 2.75) is 5.97 Å². The highest BCUT2D eigenvalue weighted by Gasteiger charge is 2.35. The Morgan fingerprint density at radius 2 is 1.69 bits per heavy atom. The molecule has 0 aromatic heterocycles. The third kappa shape index (κ3) is 4.10. The van der Waals surface area contributed by atoms with E-state index in [2.05, 4.69) is 20.0 Å². The Balaban J connectivity index is 3.88. The molecule has 0 aliphatic rings. The van der Waals surface area contributed by atoms with E-state index in [1.54, 1.807) is 0 Å². The van der Waals surface area contributed by atoms with E-state index < -0.39 is 25.0 Å². The largest absolute Gasteiger partial charge is 0.480 e. The van der Waals surface area contributed by atoms with Gasteiger partial charge in [0.1, 0.15) is 0 Å². The first-order valence-electron chi connectivity index (χ1n) is 3.00. The van der Waals surface area contributed by atoms with Gasteiger partial charge in [-0.3, -0.25) is 10.1 Å². The van der Waals surface area contributed by atoms with Gasteiger partial charge in [0.2, 0.25) is 0 Å². The first-order chi connectivity index (χ1) is 6.10. The summed E-state index contributed by atoms with van der Waals surface area (Å²) in [4.78, 5) is 20.2. The van der Waals surface area contributed by atoms with Crippen molar-refractivity contribution in [3.05, 3.63) is 0 Å². The molecule has 0 unspecified atom stereocenters. The second kappa shape index (κ2) is 5.77. The van der Waals surface area contributed by atoms with Gasteiger partial charge in [0.15, 0.2) is 0 Å². The molecule has 0 atom stereocenters. The number of nitrogens with one attached hydrogen (secondary N) is 1. The van der Waals surface area contributed by atoms with E-state index in [9.17, 15) is 4.79 Å². The fourth-order valence-electron chi connectivity index (χ4n) is 0.469. The van der Waals surface area contributed by atoms with Crippen LogP contribution in [0.25, 0.3) is 0 Å². The molecule has 0 aliphatic heterocycles. The van der Waals surface area contributed by atoms with Crippen molar-refractivity contribution in [3.63, 3.8) is 0 Å². The summed E-state index contributed by atoms with van der Waals surface area (Å²) in [6, 6.07) is 0. The molecule has 78 valence electrons. The fourth-order valence-corrected chi connectivity index (χ4v) is 0.469. The maximum Gasteiger partial charge on any atom is 0.376 e. The summed E-state index contributed by atoms with van der Waals surface area (Å²) in [6.45, 7) is -1.11. The van der Waals surface area contributed by atoms with E-state index in [-0.39, 0.29) is 0 Å². The second-order valence-corrected chi connectivity index (χ2v) is 1.95. The Labute approximate surface area is 71.9 Å². The molecule has 9 nitrogen and oxygen atoms in total. The standard InChI is InChI=1S/C4H9NO8/c6-3(7)1-5-2-4(11-8,12-9)13-10/h5,8-10H,1-2H2,(H,6,7). The third-order valence-electron chi connectivity index (χ3n) is 1.03. The third-order valence-corrected chi connectivity index (χ3v) is 1.03. The van der Waals surface area contributed by atoms with Crippen molar-refractivity contribution in [1.29, 1.82) is 0 Å². The first-order valence-corrected chi connectivity index (χ1v) is 3.00. The lowest BCUT2D eigenvalue weighted by molar-refractivity contribution is -0.610. The van der Waals surface area contributed by atoms with Gasteiger partial charge in [-0.15, -0.1) is 0 Å². The predicted molar refractivity (Wildman–Crippen MR) is 34.4 cm³/mol. The van der Waals surface area contributed by atoms with Gasteiger partial charge in [0, 0.05) is 0 Å². The molecule has 0 radical (unpaired) electrons. The molecule has 0 fully saturated rings. The Hall–Kier alpha value is -0.810. The van der Waals surface area contributed by atoms with Crippen molar-refractivity contribution in [2.24, 2.45) is 0 Å². The second-order valence-electron chi connectivity index (χ2n) is 1.95. The molecule has 0 rings (SSSR count). The molecule has 0 aliphatic carbocycles. The summed E-state index contributed by atoms with van der Waals surface area (Å²) < 4.78 is 0. The van der Waals surface area contributed by atoms with E-state index >= 15 is 0 Å². The molecule has 0 saturated heterocycles. The Morgan fingerprint density at radius 3 is 2.00 bits per heavy atom. The minimum Gasteiger partial charge on any atom is -0.480 e. The van der Waals surface area contributed by atoms with E-state index in [1.807, 2.05) is 0 Å². The van der Waals surface area contributed by atoms with Crippen LogP contribution in [0.3, 0.4) is 0 Å². The highest BCUT2D eigenvalue weighted by Crippen LogP contribution is 2.08. The highest BCUT2D eigenvalue weighted by atomic mass is 17.3. The van der Waals surface area contributed by atoms with Gasteiger partial charge >= 0.3 is 11.9 Å². The minimum atomic E-state index is -2.55. The molecule has 5 N–H and O–H groups in total. The summed E-state index contributed by atoms with van der Waals surface area (Å²) in [5.74, 6) is -3.74. The van der Waals surface area contributed by atoms with E-state index in [0.717, 1.165) is 0 Å². The molecule has 0 heterocycles. The molecule has 0 spiro atoms. The molecule has 13 heavy (non-hydrogen) atoms. The van der Waals surface area contributed by atoms with Crippen LogP contribution in [0.4, 0.5) is 0 Å². The average Bonchev–Trinajstić information content (AvgIpc) is 2.13. The zero-order chi connectivity index (χ0) is 10.3. The van der Waals surface area contributed by atoms with Gasteiger partial charge in [0.25, 0.3) is 0 Å². The summed E-state index contributed by atoms with van der Waals surface area (Å²) in [6.07, 6.45) is 0. The van der Waals surface area contributed by atoms with Gasteiger partial charge in [-0.1, -0.05) is 0 Å². The highest BCUT2D eigenvalue weighted by molar-refractivity contribution is 5.68. The van der Waals surface area contributed by atoms with Crippen LogP contribution in [0.5, 0.6) is 0 Å². The van der Waals surface area contributed by atoms with Crippen LogP contribution in [0.15, 0.2) is 0 Å². The number of rotatable bonds is 7. The molecule has 0 bridgehead atoms. The van der Waals surface area contributed by atoms with Gasteiger partial charge < -0.3 is 5.11 Å². The Bertz CT molecular complexity index is 148. The zero-order valence-electron chi connectivity index (χ0n) is 6.34. The maximum absolute atomic E-state index is 9.98. The summed E-state index contributed by atoms with van der Waals surface area (Å²) >= 11 is 0. The summed E-state index contributed by atoms with van der Waals surface area (Å²) in [5.41, 5.74) is 0. The number of carboxylic acid groups (broad SMARTS) is 1. The van der Waals surface area contributed by atoms with Crippen LogP contribution < -0.4 is 5.32 Å². The van der Waals surface area contributed by atoms with Crippen LogP contribution in [0.1, 0.15) is 0 Å². The van der Waals surface area contributed by atoms with Crippen molar-refractivity contribution in [3.8, 4) is 0 Å². The molecule has 0 amide bonds. The van der Waals surface area contributed by atoms with Crippen molar-refractivity contribution >= 4 is 5.97 Å². The zero-order valence-corrected chi connectivity index (χ0v) is 6.34. The van der Waals surface area contributed by atoms with E-state index in [4.69, 9.17) is 20.9 Å². The molecule has 0 saturated carbocycles. The number of hydrogen-bond donors (Lipinski definition) is 5. The number of aliphatic carboxylic acids is 1. The van der Waals surface area contributed by atoms with Crippen LogP contribution in [-0.4, -0.2) is 45.9 Å². The van der Waals surface area contributed by atoms with Gasteiger partial charge in [-0.05, 0) is 0 Å².